The molecule has 0 saturated carbocycles. The zero-order valence-electron chi connectivity index (χ0n) is 9.94. The number of hydrogen-bond acceptors (Lipinski definition) is 2. The van der Waals surface area contributed by atoms with Gasteiger partial charge in [-0.1, -0.05) is 28.1 Å². The SMILES string of the molecule is ClC1CCN(c2nccc3c(Br)cccc23)CC1. The third-order valence-electron chi connectivity index (χ3n) is 3.46. The van der Waals surface area contributed by atoms with Gasteiger partial charge in [-0.05, 0) is 25.0 Å². The number of hydrogen-bond donors (Lipinski definition) is 0. The highest BCUT2D eigenvalue weighted by molar-refractivity contribution is 9.10. The first kappa shape index (κ1) is 12.2. The Morgan fingerprint density at radius 1 is 1.17 bits per heavy atom. The molecule has 0 bridgehead atoms. The Balaban J connectivity index is 2.04. The van der Waals surface area contributed by atoms with Crippen LogP contribution in [0.15, 0.2) is 34.9 Å². The first-order valence-corrected chi connectivity index (χ1v) is 7.41. The number of rotatable bonds is 1. The molecule has 94 valence electrons. The highest BCUT2D eigenvalue weighted by atomic mass is 79.9. The van der Waals surface area contributed by atoms with Crippen molar-refractivity contribution in [3.05, 3.63) is 34.9 Å². The molecule has 1 saturated heterocycles. The summed E-state index contributed by atoms with van der Waals surface area (Å²) in [5.41, 5.74) is 0. The number of piperidine rings is 1. The van der Waals surface area contributed by atoms with Gasteiger partial charge in [0.15, 0.2) is 0 Å². The minimum Gasteiger partial charge on any atom is -0.356 e. The van der Waals surface area contributed by atoms with Crippen LogP contribution in [0.3, 0.4) is 0 Å². The van der Waals surface area contributed by atoms with Crippen LogP contribution in [-0.2, 0) is 0 Å². The summed E-state index contributed by atoms with van der Waals surface area (Å²) in [6.07, 6.45) is 3.95. The van der Waals surface area contributed by atoms with Crippen molar-refractivity contribution in [1.29, 1.82) is 0 Å². The highest BCUT2D eigenvalue weighted by Gasteiger charge is 2.19. The van der Waals surface area contributed by atoms with Crippen LogP contribution in [0.25, 0.3) is 10.8 Å². The monoisotopic (exact) mass is 324 g/mol. The van der Waals surface area contributed by atoms with Gasteiger partial charge in [0.2, 0.25) is 0 Å². The second-order valence-corrected chi connectivity index (χ2v) is 6.10. The third-order valence-corrected chi connectivity index (χ3v) is 4.58. The molecule has 0 atom stereocenters. The molecule has 0 N–H and O–H groups in total. The zero-order chi connectivity index (χ0) is 12.5. The highest BCUT2D eigenvalue weighted by Crippen LogP contribution is 2.31. The predicted molar refractivity (Wildman–Crippen MR) is 80.5 cm³/mol. The first-order valence-electron chi connectivity index (χ1n) is 6.18. The van der Waals surface area contributed by atoms with Crippen LogP contribution < -0.4 is 4.90 Å². The first-order chi connectivity index (χ1) is 8.75. The lowest BCUT2D eigenvalue weighted by Crippen LogP contribution is -2.34. The molecule has 0 radical (unpaired) electrons. The van der Waals surface area contributed by atoms with Gasteiger partial charge < -0.3 is 4.90 Å². The van der Waals surface area contributed by atoms with Crippen molar-refractivity contribution >= 4 is 44.1 Å². The van der Waals surface area contributed by atoms with Crippen molar-refractivity contribution in [3.63, 3.8) is 0 Å². The Bertz CT molecular complexity index is 565. The molecule has 2 aromatic rings. The minimum absolute atomic E-state index is 0.322. The molecular weight excluding hydrogens is 312 g/mol. The maximum absolute atomic E-state index is 6.16. The lowest BCUT2D eigenvalue weighted by molar-refractivity contribution is 0.582. The largest absolute Gasteiger partial charge is 0.356 e. The number of fused-ring (bicyclic) bond motifs is 1. The smallest absolute Gasteiger partial charge is 0.136 e. The molecule has 1 aliphatic rings. The van der Waals surface area contributed by atoms with Gasteiger partial charge in [-0.2, -0.15) is 0 Å². The topological polar surface area (TPSA) is 16.1 Å². The molecule has 1 aromatic heterocycles. The molecule has 0 aliphatic carbocycles. The molecule has 1 aromatic carbocycles. The van der Waals surface area contributed by atoms with Crippen LogP contribution >= 0.6 is 27.5 Å². The molecule has 0 spiro atoms. The van der Waals surface area contributed by atoms with E-state index in [1.165, 1.54) is 10.8 Å². The van der Waals surface area contributed by atoms with Crippen LogP contribution in [0.1, 0.15) is 12.8 Å². The van der Waals surface area contributed by atoms with Crippen LogP contribution in [0, 0.1) is 0 Å². The van der Waals surface area contributed by atoms with Crippen molar-refractivity contribution in [2.24, 2.45) is 0 Å². The second kappa shape index (κ2) is 5.06. The molecule has 4 heteroatoms. The van der Waals surface area contributed by atoms with E-state index in [0.717, 1.165) is 36.2 Å². The summed E-state index contributed by atoms with van der Waals surface area (Å²) in [5.74, 6) is 1.08. The minimum atomic E-state index is 0.322. The Morgan fingerprint density at radius 3 is 2.72 bits per heavy atom. The summed E-state index contributed by atoms with van der Waals surface area (Å²) in [4.78, 5) is 6.90. The second-order valence-electron chi connectivity index (χ2n) is 4.63. The number of pyridine rings is 1. The summed E-state index contributed by atoms with van der Waals surface area (Å²) >= 11 is 9.76. The molecule has 2 heterocycles. The lowest BCUT2D eigenvalue weighted by atomic mass is 10.1. The van der Waals surface area contributed by atoms with Crippen LogP contribution in [0.4, 0.5) is 5.82 Å². The molecule has 1 aliphatic heterocycles. The van der Waals surface area contributed by atoms with Gasteiger partial charge >= 0.3 is 0 Å². The molecule has 2 nitrogen and oxygen atoms in total. The van der Waals surface area contributed by atoms with Gasteiger partial charge in [-0.15, -0.1) is 11.6 Å². The standard InChI is InChI=1S/C14H14BrClN2/c15-13-3-1-2-12-11(13)4-7-17-14(12)18-8-5-10(16)6-9-18/h1-4,7,10H,5-6,8-9H2. The Morgan fingerprint density at radius 2 is 1.94 bits per heavy atom. The summed E-state index contributed by atoms with van der Waals surface area (Å²) in [6, 6.07) is 8.31. The number of halogens is 2. The van der Waals surface area contributed by atoms with E-state index in [2.05, 4.69) is 50.1 Å². The Hall–Kier alpha value is -0.800. The maximum Gasteiger partial charge on any atom is 0.136 e. The van der Waals surface area contributed by atoms with Crippen molar-refractivity contribution in [2.45, 2.75) is 18.2 Å². The van der Waals surface area contributed by atoms with E-state index in [0.29, 0.717) is 5.38 Å². The van der Waals surface area contributed by atoms with Crippen molar-refractivity contribution in [2.75, 3.05) is 18.0 Å². The van der Waals surface area contributed by atoms with E-state index in [-0.39, 0.29) is 0 Å². The maximum atomic E-state index is 6.16. The van der Waals surface area contributed by atoms with Crippen LogP contribution in [0.2, 0.25) is 0 Å². The molecule has 18 heavy (non-hydrogen) atoms. The normalized spacial score (nSPS) is 17.3. The van der Waals surface area contributed by atoms with Gasteiger partial charge in [-0.25, -0.2) is 4.98 Å². The molecule has 3 rings (SSSR count). The average Bonchev–Trinajstić information content (AvgIpc) is 2.40. The van der Waals surface area contributed by atoms with E-state index in [1.54, 1.807) is 0 Å². The van der Waals surface area contributed by atoms with Crippen molar-refractivity contribution in [3.8, 4) is 0 Å². The van der Waals surface area contributed by atoms with Crippen LogP contribution in [0.5, 0.6) is 0 Å². The zero-order valence-corrected chi connectivity index (χ0v) is 12.3. The summed E-state index contributed by atoms with van der Waals surface area (Å²) in [7, 11) is 0. The third kappa shape index (κ3) is 2.21. The molecule has 0 unspecified atom stereocenters. The number of alkyl halides is 1. The van der Waals surface area contributed by atoms with Crippen molar-refractivity contribution in [1.82, 2.24) is 4.98 Å². The van der Waals surface area contributed by atoms with Gasteiger partial charge in [0.1, 0.15) is 5.82 Å². The van der Waals surface area contributed by atoms with Gasteiger partial charge in [0, 0.05) is 39.9 Å². The fourth-order valence-corrected chi connectivity index (χ4v) is 3.16. The van der Waals surface area contributed by atoms with E-state index in [9.17, 15) is 0 Å². The number of benzene rings is 1. The van der Waals surface area contributed by atoms with E-state index in [1.807, 2.05) is 6.20 Å². The summed E-state index contributed by atoms with van der Waals surface area (Å²) < 4.78 is 1.12. The van der Waals surface area contributed by atoms with E-state index in [4.69, 9.17) is 11.6 Å². The summed E-state index contributed by atoms with van der Waals surface area (Å²) in [6.45, 7) is 1.99. The van der Waals surface area contributed by atoms with Gasteiger partial charge in [0.05, 0.1) is 0 Å². The fraction of sp³-hybridized carbons (Fsp3) is 0.357. The van der Waals surface area contributed by atoms with E-state index < -0.39 is 0 Å². The summed E-state index contributed by atoms with van der Waals surface area (Å²) in [5, 5.41) is 2.75. The Labute approximate surface area is 120 Å². The molecule has 0 amide bonds. The molecular formula is C14H14BrClN2. The average molecular weight is 326 g/mol. The number of nitrogens with zero attached hydrogens (tertiary/aromatic N) is 2. The van der Waals surface area contributed by atoms with Crippen LogP contribution in [-0.4, -0.2) is 23.5 Å². The quantitative estimate of drug-likeness (QED) is 0.730. The van der Waals surface area contributed by atoms with Crippen molar-refractivity contribution < 1.29 is 0 Å². The Kier molecular flexibility index (Phi) is 3.44. The predicted octanol–water partition coefficient (Wildman–Crippen LogP) is 4.20. The molecule has 1 fully saturated rings. The lowest BCUT2D eigenvalue weighted by Gasteiger charge is -2.31. The fourth-order valence-electron chi connectivity index (χ4n) is 2.47. The number of anilines is 1. The van der Waals surface area contributed by atoms with E-state index >= 15 is 0 Å². The van der Waals surface area contributed by atoms with Gasteiger partial charge in [-0.3, -0.25) is 0 Å². The van der Waals surface area contributed by atoms with Gasteiger partial charge in [0.25, 0.3) is 0 Å². The number of aromatic nitrogens is 1.